The number of rotatable bonds is 6. The Bertz CT molecular complexity index is 785. The van der Waals surface area contributed by atoms with Crippen LogP contribution in [0.1, 0.15) is 101 Å². The van der Waals surface area contributed by atoms with Crippen molar-refractivity contribution in [3.8, 4) is 0 Å². The van der Waals surface area contributed by atoms with E-state index in [1.807, 2.05) is 0 Å². The predicted octanol–water partition coefficient (Wildman–Crippen LogP) is 8.21. The van der Waals surface area contributed by atoms with Crippen LogP contribution in [0.25, 0.3) is 0 Å². The van der Waals surface area contributed by atoms with Gasteiger partial charge in [0.1, 0.15) is 0 Å². The van der Waals surface area contributed by atoms with Gasteiger partial charge in [-0.25, -0.2) is 0 Å². The van der Waals surface area contributed by atoms with E-state index < -0.39 is 18.9 Å². The Balaban J connectivity index is 2.19. The summed E-state index contributed by atoms with van der Waals surface area (Å²) in [6.07, 6.45) is 0. The fourth-order valence-electron chi connectivity index (χ4n) is 5.31. The second kappa shape index (κ2) is 9.37. The molecule has 2 nitrogen and oxygen atoms in total. The Morgan fingerprint density at radius 2 is 0.806 bits per heavy atom. The van der Waals surface area contributed by atoms with Crippen LogP contribution in [0.15, 0.2) is 36.4 Å². The SMILES string of the molecule is CC(C)c1cccc(C(C)C)c1[N]1CC[N](c2c(C(C)C)cccc2C(C)C)[Sn]1([CH3])[CH3]. The molecule has 0 N–H and O–H groups in total. The normalized spacial score (nSPS) is 16.5. The molecule has 0 amide bonds. The number of hydrogen-bond donors (Lipinski definition) is 0. The van der Waals surface area contributed by atoms with Gasteiger partial charge in [-0.15, -0.1) is 0 Å². The number of anilines is 2. The number of hydrogen-bond acceptors (Lipinski definition) is 2. The number of benzene rings is 2. The molecule has 1 fully saturated rings. The predicted molar refractivity (Wildman–Crippen MR) is 141 cm³/mol. The second-order valence-corrected chi connectivity index (χ2v) is 22.6. The molecule has 1 aliphatic rings. The molecule has 1 saturated heterocycles. The molecule has 0 unspecified atom stereocenters. The third-order valence-corrected chi connectivity index (χ3v) is 17.2. The van der Waals surface area contributed by atoms with Crippen LogP contribution in [0.3, 0.4) is 0 Å². The third kappa shape index (κ3) is 4.51. The van der Waals surface area contributed by atoms with Crippen LogP contribution in [-0.4, -0.2) is 32.0 Å². The Morgan fingerprint density at radius 3 is 1.03 bits per heavy atom. The van der Waals surface area contributed by atoms with Crippen LogP contribution in [0.2, 0.25) is 9.88 Å². The molecule has 1 heterocycles. The zero-order chi connectivity index (χ0) is 23.1. The van der Waals surface area contributed by atoms with E-state index in [-0.39, 0.29) is 0 Å². The Hall–Kier alpha value is -1.16. The van der Waals surface area contributed by atoms with Crippen molar-refractivity contribution in [1.82, 2.24) is 0 Å². The molecule has 0 atom stereocenters. The summed E-state index contributed by atoms with van der Waals surface area (Å²) in [7, 11) is 0. The maximum absolute atomic E-state index is 2.90. The Morgan fingerprint density at radius 1 is 0.548 bits per heavy atom. The number of nitrogens with zero attached hydrogens (tertiary/aromatic N) is 2. The molecule has 2 aromatic carbocycles. The van der Waals surface area contributed by atoms with Crippen molar-refractivity contribution in [2.75, 3.05) is 19.3 Å². The molecule has 0 radical (unpaired) electrons. The molecule has 1 aliphatic heterocycles. The van der Waals surface area contributed by atoms with E-state index in [2.05, 4.69) is 108 Å². The quantitative estimate of drug-likeness (QED) is 0.350. The Kier molecular flexibility index (Phi) is 7.40. The van der Waals surface area contributed by atoms with Gasteiger partial charge in [-0.2, -0.15) is 0 Å². The fraction of sp³-hybridized carbons (Fsp3) is 0.571. The zero-order valence-electron chi connectivity index (χ0n) is 21.6. The molecule has 0 bridgehead atoms. The zero-order valence-corrected chi connectivity index (χ0v) is 24.4. The first-order chi connectivity index (χ1) is 14.5. The van der Waals surface area contributed by atoms with Crippen LogP contribution < -0.4 is 6.24 Å². The second-order valence-electron chi connectivity index (χ2n) is 11.0. The molecule has 0 saturated carbocycles. The minimum absolute atomic E-state index is 0.541. The van der Waals surface area contributed by atoms with Gasteiger partial charge < -0.3 is 0 Å². The molecule has 31 heavy (non-hydrogen) atoms. The summed E-state index contributed by atoms with van der Waals surface area (Å²) in [5.74, 6) is 2.16. The summed E-state index contributed by atoms with van der Waals surface area (Å²) in [4.78, 5) is 5.26. The molecule has 170 valence electrons. The van der Waals surface area contributed by atoms with E-state index in [4.69, 9.17) is 0 Å². The van der Waals surface area contributed by atoms with Gasteiger partial charge in [-0.3, -0.25) is 0 Å². The molecule has 2 aromatic rings. The molecule has 3 rings (SSSR count). The van der Waals surface area contributed by atoms with Crippen molar-refractivity contribution in [3.05, 3.63) is 58.7 Å². The average molecular weight is 527 g/mol. The van der Waals surface area contributed by atoms with Crippen LogP contribution in [0, 0.1) is 0 Å². The van der Waals surface area contributed by atoms with Crippen LogP contribution in [-0.2, 0) is 0 Å². The monoisotopic (exact) mass is 528 g/mol. The van der Waals surface area contributed by atoms with Crippen molar-refractivity contribution < 1.29 is 0 Å². The first kappa shape index (κ1) is 24.5. The van der Waals surface area contributed by atoms with Crippen molar-refractivity contribution >= 4 is 30.3 Å². The van der Waals surface area contributed by atoms with Gasteiger partial charge >= 0.3 is 197 Å². The van der Waals surface area contributed by atoms with Gasteiger partial charge in [0.15, 0.2) is 0 Å². The van der Waals surface area contributed by atoms with Gasteiger partial charge in [0.2, 0.25) is 0 Å². The minimum atomic E-state index is -2.86. The topological polar surface area (TPSA) is 6.48 Å². The molecular formula is C28H44N2Sn. The molecule has 0 aliphatic carbocycles. The average Bonchev–Trinajstić information content (AvgIpc) is 3.00. The van der Waals surface area contributed by atoms with E-state index in [9.17, 15) is 0 Å². The van der Waals surface area contributed by atoms with Crippen molar-refractivity contribution in [2.45, 2.75) is 88.9 Å². The Labute approximate surface area is 196 Å². The summed E-state index contributed by atoms with van der Waals surface area (Å²) in [5.41, 5.74) is 9.23. The van der Waals surface area contributed by atoms with Gasteiger partial charge in [0.25, 0.3) is 0 Å². The number of para-hydroxylation sites is 2. The van der Waals surface area contributed by atoms with Crippen molar-refractivity contribution in [1.29, 1.82) is 0 Å². The van der Waals surface area contributed by atoms with Crippen LogP contribution >= 0.6 is 0 Å². The van der Waals surface area contributed by atoms with E-state index in [0.717, 1.165) is 13.1 Å². The first-order valence-corrected chi connectivity index (χ1v) is 20.5. The van der Waals surface area contributed by atoms with Gasteiger partial charge in [0, 0.05) is 0 Å². The maximum atomic E-state index is 2.90. The molecule has 0 spiro atoms. The van der Waals surface area contributed by atoms with Gasteiger partial charge in [-0.05, 0) is 0 Å². The van der Waals surface area contributed by atoms with Crippen molar-refractivity contribution in [2.24, 2.45) is 0 Å². The van der Waals surface area contributed by atoms with Gasteiger partial charge in [-0.1, -0.05) is 0 Å². The summed E-state index contributed by atoms with van der Waals surface area (Å²) in [5, 5.41) is 0. The first-order valence-electron chi connectivity index (χ1n) is 12.3. The fourth-order valence-corrected chi connectivity index (χ4v) is 14.4. The standard InChI is InChI=1S/C26H38N2.2CH3.Sn/c1-17(2)21-11-9-12-22(18(3)4)25(21)27-15-16-28-26-23(19(5)6)13-10-14-24(26)20(7)8;;;/h9-14,17-20H,15-16H2,1-8H3;2*1H3;/q-2;;;+2. The van der Waals surface area contributed by atoms with E-state index >= 15 is 0 Å². The summed E-state index contributed by atoms with van der Waals surface area (Å²) in [6.45, 7) is 21.1. The van der Waals surface area contributed by atoms with Crippen LogP contribution in [0.5, 0.6) is 0 Å². The van der Waals surface area contributed by atoms with E-state index in [1.165, 1.54) is 22.3 Å². The summed E-state index contributed by atoms with van der Waals surface area (Å²) >= 11 is -2.86. The van der Waals surface area contributed by atoms with E-state index in [1.54, 1.807) is 11.4 Å². The summed E-state index contributed by atoms with van der Waals surface area (Å²) in [6, 6.07) is 14.0. The van der Waals surface area contributed by atoms with Crippen LogP contribution in [0.4, 0.5) is 11.4 Å². The molecule has 0 aromatic heterocycles. The summed E-state index contributed by atoms with van der Waals surface area (Å²) < 4.78 is 5.81. The van der Waals surface area contributed by atoms with Gasteiger partial charge in [0.05, 0.1) is 0 Å². The van der Waals surface area contributed by atoms with Crippen molar-refractivity contribution in [3.63, 3.8) is 0 Å². The molecule has 3 heteroatoms. The molecular weight excluding hydrogens is 483 g/mol. The van der Waals surface area contributed by atoms with E-state index in [0.29, 0.717) is 23.7 Å². The third-order valence-electron chi connectivity index (χ3n) is 7.09.